The van der Waals surface area contributed by atoms with Gasteiger partial charge in [0.2, 0.25) is 0 Å². The second kappa shape index (κ2) is 5.73. The maximum atomic E-state index is 12.5. The predicted molar refractivity (Wildman–Crippen MR) is 65.2 cm³/mol. The molecule has 96 valence electrons. The van der Waals surface area contributed by atoms with Crippen molar-refractivity contribution in [2.75, 3.05) is 0 Å². The number of halogens is 2. The molecule has 0 fully saturated rings. The average Bonchev–Trinajstić information content (AvgIpc) is 2.90. The summed E-state index contributed by atoms with van der Waals surface area (Å²) >= 11 is 0. The second-order valence-electron chi connectivity index (χ2n) is 4.18. The molecule has 0 spiro atoms. The van der Waals surface area contributed by atoms with Crippen LogP contribution in [0.25, 0.3) is 0 Å². The first kappa shape index (κ1) is 12.7. The Kier molecular flexibility index (Phi) is 4.04. The van der Waals surface area contributed by atoms with Crippen LogP contribution < -0.4 is 5.32 Å². The summed E-state index contributed by atoms with van der Waals surface area (Å²) in [4.78, 5) is 0. The minimum Gasteiger partial charge on any atom is -0.306 e. The Morgan fingerprint density at radius 2 is 2.17 bits per heavy atom. The molecule has 0 radical (unpaired) electrons. The molecule has 0 saturated carbocycles. The SMILES string of the molecule is CC(NCc1cccc(C(F)F)c1)c1cn[nH]c1. The third-order valence-electron chi connectivity index (χ3n) is 2.83. The van der Waals surface area contributed by atoms with Crippen LogP contribution in [0, 0.1) is 0 Å². The molecule has 0 bridgehead atoms. The van der Waals surface area contributed by atoms with Gasteiger partial charge in [0.05, 0.1) is 6.20 Å². The van der Waals surface area contributed by atoms with Gasteiger partial charge in [-0.1, -0.05) is 18.2 Å². The van der Waals surface area contributed by atoms with Gasteiger partial charge < -0.3 is 5.32 Å². The third kappa shape index (κ3) is 3.13. The fourth-order valence-corrected chi connectivity index (χ4v) is 1.73. The second-order valence-corrected chi connectivity index (χ2v) is 4.18. The molecule has 2 aromatic rings. The van der Waals surface area contributed by atoms with E-state index in [1.165, 1.54) is 12.1 Å². The summed E-state index contributed by atoms with van der Waals surface area (Å²) < 4.78 is 25.1. The summed E-state index contributed by atoms with van der Waals surface area (Å²) in [6, 6.07) is 6.58. The summed E-state index contributed by atoms with van der Waals surface area (Å²) in [6.45, 7) is 2.55. The van der Waals surface area contributed by atoms with Gasteiger partial charge in [-0.15, -0.1) is 0 Å². The van der Waals surface area contributed by atoms with Crippen molar-refractivity contribution in [3.8, 4) is 0 Å². The lowest BCUT2D eigenvalue weighted by atomic mass is 10.1. The van der Waals surface area contributed by atoms with Gasteiger partial charge >= 0.3 is 0 Å². The highest BCUT2D eigenvalue weighted by Crippen LogP contribution is 2.19. The summed E-state index contributed by atoms with van der Waals surface area (Å²) in [6.07, 6.45) is 1.14. The van der Waals surface area contributed by atoms with E-state index in [9.17, 15) is 8.78 Å². The molecule has 0 aliphatic heterocycles. The highest BCUT2D eigenvalue weighted by Gasteiger charge is 2.08. The fourth-order valence-electron chi connectivity index (χ4n) is 1.73. The molecule has 2 N–H and O–H groups in total. The minimum absolute atomic E-state index is 0.0604. The Hall–Kier alpha value is -1.75. The first-order chi connectivity index (χ1) is 8.66. The Labute approximate surface area is 104 Å². The fraction of sp³-hybridized carbons (Fsp3) is 0.308. The highest BCUT2D eigenvalue weighted by atomic mass is 19.3. The lowest BCUT2D eigenvalue weighted by Crippen LogP contribution is -2.17. The quantitative estimate of drug-likeness (QED) is 0.856. The van der Waals surface area contributed by atoms with Gasteiger partial charge in [-0.3, -0.25) is 5.10 Å². The van der Waals surface area contributed by atoms with E-state index in [1.54, 1.807) is 12.3 Å². The van der Waals surface area contributed by atoms with E-state index in [1.807, 2.05) is 19.2 Å². The number of hydrogen-bond donors (Lipinski definition) is 2. The van der Waals surface area contributed by atoms with Crippen LogP contribution in [-0.4, -0.2) is 10.2 Å². The number of aromatic nitrogens is 2. The third-order valence-corrected chi connectivity index (χ3v) is 2.83. The summed E-state index contributed by atoms with van der Waals surface area (Å²) in [5.74, 6) is 0. The lowest BCUT2D eigenvalue weighted by Gasteiger charge is -2.12. The summed E-state index contributed by atoms with van der Waals surface area (Å²) in [5.41, 5.74) is 1.95. The molecular formula is C13H15F2N3. The molecule has 0 amide bonds. The molecule has 0 aliphatic carbocycles. The number of aromatic amines is 1. The molecule has 1 aromatic carbocycles. The van der Waals surface area contributed by atoms with E-state index in [0.29, 0.717) is 6.54 Å². The molecule has 0 saturated heterocycles. The van der Waals surface area contributed by atoms with Crippen LogP contribution in [0.5, 0.6) is 0 Å². The van der Waals surface area contributed by atoms with Crippen LogP contribution in [0.4, 0.5) is 8.78 Å². The average molecular weight is 251 g/mol. The molecule has 1 aromatic heterocycles. The molecule has 0 aliphatic rings. The molecular weight excluding hydrogens is 236 g/mol. The van der Waals surface area contributed by atoms with Crippen molar-refractivity contribution in [2.45, 2.75) is 25.9 Å². The number of H-pyrrole nitrogens is 1. The van der Waals surface area contributed by atoms with Gasteiger partial charge in [0, 0.05) is 29.9 Å². The Morgan fingerprint density at radius 3 is 2.83 bits per heavy atom. The first-order valence-corrected chi connectivity index (χ1v) is 5.76. The van der Waals surface area contributed by atoms with Crippen molar-refractivity contribution in [2.24, 2.45) is 0 Å². The van der Waals surface area contributed by atoms with Gasteiger partial charge in [0.1, 0.15) is 0 Å². The van der Waals surface area contributed by atoms with Crippen LogP contribution >= 0.6 is 0 Å². The number of nitrogens with one attached hydrogen (secondary N) is 2. The van der Waals surface area contributed by atoms with E-state index in [0.717, 1.165) is 11.1 Å². The van der Waals surface area contributed by atoms with Crippen molar-refractivity contribution in [3.05, 3.63) is 53.3 Å². The van der Waals surface area contributed by atoms with E-state index >= 15 is 0 Å². The summed E-state index contributed by atoms with van der Waals surface area (Å²) in [5, 5.41) is 9.88. The zero-order valence-electron chi connectivity index (χ0n) is 10.0. The van der Waals surface area contributed by atoms with E-state index in [2.05, 4.69) is 15.5 Å². The molecule has 5 heteroatoms. The van der Waals surface area contributed by atoms with Crippen molar-refractivity contribution >= 4 is 0 Å². The number of hydrogen-bond acceptors (Lipinski definition) is 2. The largest absolute Gasteiger partial charge is 0.306 e. The van der Waals surface area contributed by atoms with Crippen molar-refractivity contribution < 1.29 is 8.78 Å². The van der Waals surface area contributed by atoms with Gasteiger partial charge in [0.25, 0.3) is 6.43 Å². The number of alkyl halides is 2. The van der Waals surface area contributed by atoms with Gasteiger partial charge in [-0.2, -0.15) is 5.10 Å². The topological polar surface area (TPSA) is 40.7 Å². The molecule has 1 heterocycles. The lowest BCUT2D eigenvalue weighted by molar-refractivity contribution is 0.151. The van der Waals surface area contributed by atoms with Crippen molar-refractivity contribution in [1.82, 2.24) is 15.5 Å². The van der Waals surface area contributed by atoms with Crippen molar-refractivity contribution in [3.63, 3.8) is 0 Å². The normalized spacial score (nSPS) is 12.9. The summed E-state index contributed by atoms with van der Waals surface area (Å²) in [7, 11) is 0. The van der Waals surface area contributed by atoms with Crippen LogP contribution in [0.15, 0.2) is 36.7 Å². The first-order valence-electron chi connectivity index (χ1n) is 5.76. The monoisotopic (exact) mass is 251 g/mol. The standard InChI is InChI=1S/C13H15F2N3/c1-9(12-7-17-18-8-12)16-6-10-3-2-4-11(5-10)13(14)15/h2-5,7-9,13,16H,6H2,1H3,(H,17,18). The highest BCUT2D eigenvalue weighted by molar-refractivity contribution is 5.24. The Bertz CT molecular complexity index is 483. The van der Waals surface area contributed by atoms with Crippen LogP contribution in [-0.2, 0) is 6.54 Å². The number of benzene rings is 1. The maximum Gasteiger partial charge on any atom is 0.263 e. The van der Waals surface area contributed by atoms with Crippen molar-refractivity contribution in [1.29, 1.82) is 0 Å². The number of rotatable bonds is 5. The molecule has 18 heavy (non-hydrogen) atoms. The van der Waals surface area contributed by atoms with Gasteiger partial charge in [-0.05, 0) is 18.6 Å². The van der Waals surface area contributed by atoms with E-state index in [4.69, 9.17) is 0 Å². The van der Waals surface area contributed by atoms with Crippen LogP contribution in [0.2, 0.25) is 0 Å². The van der Waals surface area contributed by atoms with Crippen LogP contribution in [0.1, 0.15) is 36.1 Å². The Morgan fingerprint density at radius 1 is 1.33 bits per heavy atom. The zero-order chi connectivity index (χ0) is 13.0. The maximum absolute atomic E-state index is 12.5. The minimum atomic E-state index is -2.42. The smallest absolute Gasteiger partial charge is 0.263 e. The van der Waals surface area contributed by atoms with E-state index in [-0.39, 0.29) is 11.6 Å². The van der Waals surface area contributed by atoms with Gasteiger partial charge in [-0.25, -0.2) is 8.78 Å². The molecule has 3 nitrogen and oxygen atoms in total. The van der Waals surface area contributed by atoms with E-state index < -0.39 is 6.43 Å². The molecule has 2 rings (SSSR count). The predicted octanol–water partition coefficient (Wildman–Crippen LogP) is 3.20. The van der Waals surface area contributed by atoms with Crippen LogP contribution in [0.3, 0.4) is 0 Å². The molecule has 1 atom stereocenters. The Balaban J connectivity index is 1.96. The van der Waals surface area contributed by atoms with Gasteiger partial charge in [0.15, 0.2) is 0 Å². The number of nitrogens with zero attached hydrogens (tertiary/aromatic N) is 1. The zero-order valence-corrected chi connectivity index (χ0v) is 10.0. The molecule has 1 unspecified atom stereocenters.